The van der Waals surface area contributed by atoms with Crippen molar-refractivity contribution in [3.05, 3.63) is 21.9 Å². The van der Waals surface area contributed by atoms with Gasteiger partial charge in [0.1, 0.15) is 0 Å². The molecule has 7 heteroatoms. The maximum atomic E-state index is 4.80. The number of guanidine groups is 1. The van der Waals surface area contributed by atoms with Gasteiger partial charge in [-0.15, -0.1) is 35.3 Å². The van der Waals surface area contributed by atoms with Gasteiger partial charge in [0.2, 0.25) is 0 Å². The highest BCUT2D eigenvalue weighted by atomic mass is 127. The standard InChI is InChI=1S/C20H37N5S.HI/c1-6-17-8-9-18(26-17)14-22-20(21-7-2)23-15-19(16(3)4)25-12-10-24(5)11-13-25;/h8-9,16,19H,6-7,10-15H2,1-5H3,(H2,21,22,23);1H. The van der Waals surface area contributed by atoms with Crippen LogP contribution in [-0.2, 0) is 13.0 Å². The topological polar surface area (TPSA) is 42.9 Å². The van der Waals surface area contributed by atoms with Gasteiger partial charge in [-0.25, -0.2) is 4.99 Å². The highest BCUT2D eigenvalue weighted by Crippen LogP contribution is 2.17. The lowest BCUT2D eigenvalue weighted by molar-refractivity contribution is 0.0900. The molecule has 1 fully saturated rings. The molecule has 0 amide bonds. The molecule has 1 aromatic rings. The number of nitrogens with zero attached hydrogens (tertiary/aromatic N) is 3. The molecule has 5 nitrogen and oxygen atoms in total. The number of rotatable bonds is 8. The van der Waals surface area contributed by atoms with Crippen molar-refractivity contribution < 1.29 is 0 Å². The number of aliphatic imine (C=N–C) groups is 1. The Balaban J connectivity index is 0.00000364. The highest BCUT2D eigenvalue weighted by Gasteiger charge is 2.25. The molecule has 2 N–H and O–H groups in total. The molecule has 0 bridgehead atoms. The van der Waals surface area contributed by atoms with Gasteiger partial charge in [0, 0.05) is 55.1 Å². The lowest BCUT2D eigenvalue weighted by Gasteiger charge is -2.40. The highest BCUT2D eigenvalue weighted by molar-refractivity contribution is 14.0. The quantitative estimate of drug-likeness (QED) is 0.322. The van der Waals surface area contributed by atoms with Crippen molar-refractivity contribution in [2.24, 2.45) is 10.9 Å². The minimum Gasteiger partial charge on any atom is -0.357 e. The molecule has 2 rings (SSSR count). The Labute approximate surface area is 187 Å². The fourth-order valence-corrected chi connectivity index (χ4v) is 4.22. The Morgan fingerprint density at radius 3 is 2.33 bits per heavy atom. The number of hydrogen-bond donors (Lipinski definition) is 2. The molecule has 0 aliphatic carbocycles. The maximum Gasteiger partial charge on any atom is 0.191 e. The first-order valence-electron chi connectivity index (χ1n) is 10.1. The zero-order chi connectivity index (χ0) is 18.9. The second kappa shape index (κ2) is 13.0. The molecule has 1 unspecified atom stereocenters. The molecule has 0 saturated carbocycles. The summed E-state index contributed by atoms with van der Waals surface area (Å²) in [6.07, 6.45) is 1.10. The molecule has 27 heavy (non-hydrogen) atoms. The lowest BCUT2D eigenvalue weighted by Crippen LogP contribution is -2.55. The Morgan fingerprint density at radius 2 is 1.78 bits per heavy atom. The third-order valence-electron chi connectivity index (χ3n) is 5.06. The van der Waals surface area contributed by atoms with Crippen molar-refractivity contribution >= 4 is 41.3 Å². The molecule has 1 saturated heterocycles. The molecule has 0 spiro atoms. The van der Waals surface area contributed by atoms with Gasteiger partial charge >= 0.3 is 0 Å². The molecule has 156 valence electrons. The SMILES string of the molecule is CCNC(=NCc1ccc(CC)s1)NCC(C(C)C)N1CCN(C)CC1.I. The number of piperazine rings is 1. The van der Waals surface area contributed by atoms with E-state index in [1.54, 1.807) is 0 Å². The molecule has 1 aliphatic rings. The molecular formula is C20H38IN5S. The summed E-state index contributed by atoms with van der Waals surface area (Å²) in [7, 11) is 2.21. The average Bonchev–Trinajstić information content (AvgIpc) is 3.09. The number of aryl methyl sites for hydroxylation is 1. The third-order valence-corrected chi connectivity index (χ3v) is 6.27. The van der Waals surface area contributed by atoms with Crippen LogP contribution < -0.4 is 10.6 Å². The van der Waals surface area contributed by atoms with Crippen LogP contribution in [0.2, 0.25) is 0 Å². The normalized spacial score (nSPS) is 17.6. The average molecular weight is 508 g/mol. The summed E-state index contributed by atoms with van der Waals surface area (Å²) in [5.41, 5.74) is 0. The van der Waals surface area contributed by atoms with E-state index in [0.29, 0.717) is 12.0 Å². The van der Waals surface area contributed by atoms with E-state index in [1.807, 2.05) is 11.3 Å². The zero-order valence-corrected chi connectivity index (χ0v) is 20.8. The van der Waals surface area contributed by atoms with Crippen LogP contribution in [0.1, 0.15) is 37.4 Å². The molecule has 1 aromatic heterocycles. The molecule has 1 aliphatic heterocycles. The Morgan fingerprint density at radius 1 is 1.11 bits per heavy atom. The van der Waals surface area contributed by atoms with Gasteiger partial charge < -0.3 is 15.5 Å². The first kappa shape index (κ1) is 24.7. The third kappa shape index (κ3) is 8.25. The summed E-state index contributed by atoms with van der Waals surface area (Å²) in [6.45, 7) is 16.2. The maximum absolute atomic E-state index is 4.80. The van der Waals surface area contributed by atoms with Crippen molar-refractivity contribution in [1.82, 2.24) is 20.4 Å². The summed E-state index contributed by atoms with van der Waals surface area (Å²) in [4.78, 5) is 12.6. The molecular weight excluding hydrogens is 469 g/mol. The number of thiophene rings is 1. The smallest absolute Gasteiger partial charge is 0.191 e. The van der Waals surface area contributed by atoms with Gasteiger partial charge in [0.05, 0.1) is 6.54 Å². The second-order valence-electron chi connectivity index (χ2n) is 7.45. The van der Waals surface area contributed by atoms with Crippen LogP contribution in [0, 0.1) is 5.92 Å². The van der Waals surface area contributed by atoms with Gasteiger partial charge in [0.15, 0.2) is 5.96 Å². The first-order valence-corrected chi connectivity index (χ1v) is 10.9. The summed E-state index contributed by atoms with van der Waals surface area (Å²) < 4.78 is 0. The molecule has 0 radical (unpaired) electrons. The van der Waals surface area contributed by atoms with Crippen LogP contribution in [-0.4, -0.2) is 68.1 Å². The van der Waals surface area contributed by atoms with E-state index in [9.17, 15) is 0 Å². The fourth-order valence-electron chi connectivity index (χ4n) is 3.34. The van der Waals surface area contributed by atoms with E-state index >= 15 is 0 Å². The Kier molecular flexibility index (Phi) is 11.8. The fraction of sp³-hybridized carbons (Fsp3) is 0.750. The van der Waals surface area contributed by atoms with Gasteiger partial charge in [-0.05, 0) is 38.4 Å². The minimum atomic E-state index is 0. The predicted molar refractivity (Wildman–Crippen MR) is 130 cm³/mol. The predicted octanol–water partition coefficient (Wildman–Crippen LogP) is 3.26. The second-order valence-corrected chi connectivity index (χ2v) is 8.70. The summed E-state index contributed by atoms with van der Waals surface area (Å²) in [5.74, 6) is 1.55. The Bertz CT molecular complexity index is 552. The molecule has 0 aromatic carbocycles. The van der Waals surface area contributed by atoms with E-state index in [4.69, 9.17) is 4.99 Å². The number of likely N-dealkylation sites (N-methyl/N-ethyl adjacent to an activating group) is 1. The van der Waals surface area contributed by atoms with Gasteiger partial charge in [-0.3, -0.25) is 4.90 Å². The minimum absolute atomic E-state index is 0. The van der Waals surface area contributed by atoms with Crippen LogP contribution in [0.5, 0.6) is 0 Å². The monoisotopic (exact) mass is 507 g/mol. The van der Waals surface area contributed by atoms with Gasteiger partial charge in [-0.1, -0.05) is 20.8 Å². The molecule has 2 heterocycles. The van der Waals surface area contributed by atoms with Crippen molar-refractivity contribution in [3.63, 3.8) is 0 Å². The van der Waals surface area contributed by atoms with Crippen molar-refractivity contribution in [2.75, 3.05) is 46.3 Å². The van der Waals surface area contributed by atoms with Crippen LogP contribution in [0.3, 0.4) is 0 Å². The molecule has 1 atom stereocenters. The lowest BCUT2D eigenvalue weighted by atomic mass is 10.0. The van der Waals surface area contributed by atoms with Crippen LogP contribution >= 0.6 is 35.3 Å². The van der Waals surface area contributed by atoms with Crippen molar-refractivity contribution in [2.45, 2.75) is 46.7 Å². The van der Waals surface area contributed by atoms with E-state index in [-0.39, 0.29) is 24.0 Å². The van der Waals surface area contributed by atoms with Crippen LogP contribution in [0.25, 0.3) is 0 Å². The summed E-state index contributed by atoms with van der Waals surface area (Å²) >= 11 is 1.87. The van der Waals surface area contributed by atoms with E-state index in [2.05, 4.69) is 67.3 Å². The summed E-state index contributed by atoms with van der Waals surface area (Å²) in [5, 5.41) is 6.98. The largest absolute Gasteiger partial charge is 0.357 e. The van der Waals surface area contributed by atoms with E-state index in [0.717, 1.165) is 58.2 Å². The van der Waals surface area contributed by atoms with Gasteiger partial charge in [-0.2, -0.15) is 0 Å². The number of hydrogen-bond acceptors (Lipinski definition) is 4. The van der Waals surface area contributed by atoms with Crippen molar-refractivity contribution in [3.8, 4) is 0 Å². The van der Waals surface area contributed by atoms with E-state index < -0.39 is 0 Å². The van der Waals surface area contributed by atoms with Crippen LogP contribution in [0.4, 0.5) is 0 Å². The van der Waals surface area contributed by atoms with Crippen molar-refractivity contribution in [1.29, 1.82) is 0 Å². The zero-order valence-electron chi connectivity index (χ0n) is 17.6. The summed E-state index contributed by atoms with van der Waals surface area (Å²) in [6, 6.07) is 4.97. The van der Waals surface area contributed by atoms with Crippen LogP contribution in [0.15, 0.2) is 17.1 Å². The Hall–Kier alpha value is -0.380. The van der Waals surface area contributed by atoms with Gasteiger partial charge in [0.25, 0.3) is 0 Å². The first-order chi connectivity index (χ1) is 12.5. The van der Waals surface area contributed by atoms with E-state index in [1.165, 1.54) is 9.75 Å². The number of nitrogens with one attached hydrogen (secondary N) is 2. The number of halogens is 1.